The molecule has 4 nitrogen and oxygen atoms in total. The smallest absolute Gasteiger partial charge is 0.191 e. The van der Waals surface area contributed by atoms with Crippen molar-refractivity contribution < 1.29 is 5.21 Å². The first-order chi connectivity index (χ1) is 3.27. The Hall–Kier alpha value is -0.680. The number of hydrogen-bond donors (Lipinski definition) is 3. The van der Waals surface area contributed by atoms with E-state index in [1.807, 2.05) is 0 Å². The van der Waals surface area contributed by atoms with Gasteiger partial charge < -0.3 is 5.73 Å². The van der Waals surface area contributed by atoms with E-state index in [9.17, 15) is 0 Å². The molecule has 0 aromatic rings. The predicted molar refractivity (Wildman–Crippen MR) is 30.2 cm³/mol. The van der Waals surface area contributed by atoms with Crippen molar-refractivity contribution in [2.45, 2.75) is 0 Å². The lowest BCUT2D eigenvalue weighted by atomic mass is 11.1. The average Bonchev–Trinajstić information content (AvgIpc) is 1.61. The highest BCUT2D eigenvalue weighted by Gasteiger charge is 1.70. The highest BCUT2D eigenvalue weighted by Crippen LogP contribution is 1.60. The molecule has 0 aliphatic carbocycles. The van der Waals surface area contributed by atoms with Crippen molar-refractivity contribution in [2.24, 2.45) is 10.7 Å². The molecule has 0 unspecified atom stereocenters. The molecule has 0 bridgehead atoms. The summed E-state index contributed by atoms with van der Waals surface area (Å²) in [7, 11) is 0. The van der Waals surface area contributed by atoms with Crippen LogP contribution in [0.5, 0.6) is 0 Å². The Morgan fingerprint density at radius 3 is 2.71 bits per heavy atom. The SMILES string of the molecule is NC(=S)/N=C/NO. The molecule has 4 N–H and O–H groups in total. The maximum atomic E-state index is 7.80. The molecule has 0 atom stereocenters. The lowest BCUT2D eigenvalue weighted by Gasteiger charge is -1.81. The third-order valence-electron chi connectivity index (χ3n) is 0.250. The van der Waals surface area contributed by atoms with Crippen molar-refractivity contribution in [1.29, 1.82) is 0 Å². The van der Waals surface area contributed by atoms with Crippen molar-refractivity contribution >= 4 is 23.7 Å². The van der Waals surface area contributed by atoms with E-state index in [-0.39, 0.29) is 5.11 Å². The Morgan fingerprint density at radius 2 is 2.57 bits per heavy atom. The summed E-state index contributed by atoms with van der Waals surface area (Å²) in [5.41, 5.74) is 6.50. The van der Waals surface area contributed by atoms with Gasteiger partial charge in [-0.05, 0) is 12.2 Å². The van der Waals surface area contributed by atoms with Gasteiger partial charge in [0.25, 0.3) is 0 Å². The first kappa shape index (κ1) is 6.32. The second-order valence-electron chi connectivity index (χ2n) is 0.726. The summed E-state index contributed by atoms with van der Waals surface area (Å²) in [6, 6.07) is 0. The highest BCUT2D eigenvalue weighted by molar-refractivity contribution is 7.80. The van der Waals surface area contributed by atoms with Crippen molar-refractivity contribution in [1.82, 2.24) is 5.48 Å². The van der Waals surface area contributed by atoms with Crippen molar-refractivity contribution in [3.05, 3.63) is 0 Å². The molecule has 0 aliphatic rings. The van der Waals surface area contributed by atoms with Gasteiger partial charge in [-0.2, -0.15) is 0 Å². The van der Waals surface area contributed by atoms with Crippen LogP contribution in [0, 0.1) is 0 Å². The van der Waals surface area contributed by atoms with Crippen LogP contribution in [0.4, 0.5) is 0 Å². The molecule has 7 heavy (non-hydrogen) atoms. The monoisotopic (exact) mass is 119 g/mol. The van der Waals surface area contributed by atoms with E-state index >= 15 is 0 Å². The first-order valence-corrected chi connectivity index (χ1v) is 1.90. The van der Waals surface area contributed by atoms with Crippen LogP contribution in [0.15, 0.2) is 4.99 Å². The molecule has 0 saturated heterocycles. The zero-order valence-corrected chi connectivity index (χ0v) is 4.27. The molecule has 0 radical (unpaired) electrons. The second kappa shape index (κ2) is 3.51. The van der Waals surface area contributed by atoms with E-state index in [0.717, 1.165) is 6.34 Å². The van der Waals surface area contributed by atoms with Crippen LogP contribution in [-0.2, 0) is 0 Å². The normalized spacial score (nSPS) is 9.29. The molecule has 0 spiro atoms. The van der Waals surface area contributed by atoms with Crippen LogP contribution in [0.2, 0.25) is 0 Å². The fraction of sp³-hybridized carbons (Fsp3) is 0. The van der Waals surface area contributed by atoms with Crippen molar-refractivity contribution in [3.63, 3.8) is 0 Å². The Morgan fingerprint density at radius 1 is 2.00 bits per heavy atom. The largest absolute Gasteiger partial charge is 0.374 e. The topological polar surface area (TPSA) is 70.6 Å². The number of nitrogens with two attached hydrogens (primary N) is 1. The molecule has 5 heteroatoms. The third kappa shape index (κ3) is 5.32. The summed E-state index contributed by atoms with van der Waals surface area (Å²) in [5, 5.41) is 7.79. The quantitative estimate of drug-likeness (QED) is 0.183. The maximum Gasteiger partial charge on any atom is 0.191 e. The van der Waals surface area contributed by atoms with Gasteiger partial charge in [0.1, 0.15) is 6.34 Å². The van der Waals surface area contributed by atoms with Gasteiger partial charge in [-0.1, -0.05) is 0 Å². The summed E-state index contributed by atoms with van der Waals surface area (Å²) in [5.74, 6) is 0. The molecule has 0 aromatic heterocycles. The first-order valence-electron chi connectivity index (χ1n) is 1.49. The van der Waals surface area contributed by atoms with Gasteiger partial charge in [0.2, 0.25) is 0 Å². The number of aliphatic imine (C=N–C) groups is 1. The molecular weight excluding hydrogens is 114 g/mol. The summed E-state index contributed by atoms with van der Waals surface area (Å²) >= 11 is 4.29. The molecule has 0 saturated carbocycles. The maximum absolute atomic E-state index is 7.80. The summed E-state index contributed by atoms with van der Waals surface area (Å²) in [6.45, 7) is 0. The van der Waals surface area contributed by atoms with E-state index in [2.05, 4.69) is 17.2 Å². The van der Waals surface area contributed by atoms with Gasteiger partial charge in [-0.15, -0.1) is 0 Å². The van der Waals surface area contributed by atoms with Crippen LogP contribution < -0.4 is 11.2 Å². The highest BCUT2D eigenvalue weighted by atomic mass is 32.1. The van der Waals surface area contributed by atoms with Gasteiger partial charge >= 0.3 is 0 Å². The number of nitrogens with zero attached hydrogens (tertiary/aromatic N) is 1. The summed E-state index contributed by atoms with van der Waals surface area (Å²) in [6.07, 6.45) is 0.988. The van der Waals surface area contributed by atoms with Crippen LogP contribution >= 0.6 is 12.2 Å². The molecule has 0 aromatic carbocycles. The molecule has 0 rings (SSSR count). The van der Waals surface area contributed by atoms with Gasteiger partial charge in [0.05, 0.1) is 0 Å². The summed E-state index contributed by atoms with van der Waals surface area (Å²) < 4.78 is 0. The standard InChI is InChI=1S/C2H5N3OS/c3-2(7)4-1-5-6/h1,6H,(H3,3,4,5,7). The Balaban J connectivity index is 3.26. The van der Waals surface area contributed by atoms with Crippen molar-refractivity contribution in [2.75, 3.05) is 0 Å². The number of rotatable bonds is 1. The van der Waals surface area contributed by atoms with Gasteiger partial charge in [0, 0.05) is 0 Å². The number of hydrogen-bond acceptors (Lipinski definition) is 2. The van der Waals surface area contributed by atoms with Crippen LogP contribution in [0.25, 0.3) is 0 Å². The van der Waals surface area contributed by atoms with E-state index in [1.54, 1.807) is 5.48 Å². The predicted octanol–water partition coefficient (Wildman–Crippen LogP) is -0.763. The lowest BCUT2D eigenvalue weighted by molar-refractivity contribution is 0.240. The van der Waals surface area contributed by atoms with E-state index in [1.165, 1.54) is 0 Å². The second-order valence-corrected chi connectivity index (χ2v) is 1.14. The van der Waals surface area contributed by atoms with Crippen LogP contribution in [0.1, 0.15) is 0 Å². The minimum Gasteiger partial charge on any atom is -0.374 e. The molecule has 40 valence electrons. The zero-order valence-electron chi connectivity index (χ0n) is 3.46. The minimum atomic E-state index is -0.0125. The van der Waals surface area contributed by atoms with Crippen molar-refractivity contribution in [3.8, 4) is 0 Å². The fourth-order valence-electron chi connectivity index (χ4n) is 0.0925. The average molecular weight is 119 g/mol. The minimum absolute atomic E-state index is 0.0125. The Labute approximate surface area is 46.0 Å². The number of thiocarbonyl (C=S) groups is 1. The van der Waals surface area contributed by atoms with E-state index < -0.39 is 0 Å². The fourth-order valence-corrected chi connectivity index (χ4v) is 0.145. The number of hydroxylamine groups is 1. The summed E-state index contributed by atoms with van der Waals surface area (Å²) in [4.78, 5) is 3.27. The Bertz CT molecular complexity index is 90.9. The molecule has 0 amide bonds. The molecule has 0 fully saturated rings. The Kier molecular flexibility index (Phi) is 3.17. The number of nitrogens with one attached hydrogen (secondary N) is 1. The lowest BCUT2D eigenvalue weighted by Crippen LogP contribution is -2.09. The van der Waals surface area contributed by atoms with Gasteiger partial charge in [-0.3, -0.25) is 10.7 Å². The van der Waals surface area contributed by atoms with E-state index in [0.29, 0.717) is 0 Å². The third-order valence-corrected chi connectivity index (χ3v) is 0.355. The molecule has 0 heterocycles. The molecular formula is C2H5N3OS. The van der Waals surface area contributed by atoms with Gasteiger partial charge in [0.15, 0.2) is 5.11 Å². The molecule has 0 aliphatic heterocycles. The van der Waals surface area contributed by atoms with Crippen LogP contribution in [0.3, 0.4) is 0 Å². The van der Waals surface area contributed by atoms with Gasteiger partial charge in [-0.25, -0.2) is 4.99 Å². The van der Waals surface area contributed by atoms with E-state index in [4.69, 9.17) is 10.9 Å². The van der Waals surface area contributed by atoms with Crippen LogP contribution in [-0.4, -0.2) is 16.7 Å². The zero-order chi connectivity index (χ0) is 5.70.